The van der Waals surface area contributed by atoms with Crippen LogP contribution >= 0.6 is 11.6 Å². The zero-order chi connectivity index (χ0) is 17.4. The predicted molar refractivity (Wildman–Crippen MR) is 98.1 cm³/mol. The van der Waals surface area contributed by atoms with Crippen LogP contribution in [0.2, 0.25) is 5.02 Å². The van der Waals surface area contributed by atoms with Crippen LogP contribution in [0.1, 0.15) is 29.9 Å². The third-order valence-corrected chi connectivity index (χ3v) is 4.91. The number of hydrogen-bond donors (Lipinski definition) is 1. The fourth-order valence-corrected chi connectivity index (χ4v) is 3.42. The van der Waals surface area contributed by atoms with E-state index >= 15 is 0 Å². The topological polar surface area (TPSA) is 50.4 Å². The lowest BCUT2D eigenvalue weighted by atomic mass is 9.87. The van der Waals surface area contributed by atoms with E-state index in [1.54, 1.807) is 24.3 Å². The third kappa shape index (κ3) is 3.20. The fraction of sp³-hybridized carbons (Fsp3) is 0.190. The van der Waals surface area contributed by atoms with Crippen LogP contribution in [0.5, 0.6) is 5.75 Å². The Hall–Kier alpha value is -2.52. The van der Waals surface area contributed by atoms with Gasteiger partial charge >= 0.3 is 5.63 Å². The minimum absolute atomic E-state index is 0.0121. The van der Waals surface area contributed by atoms with Crippen LogP contribution < -0.4 is 5.63 Å². The van der Waals surface area contributed by atoms with Crippen LogP contribution in [0, 0.1) is 5.92 Å². The highest BCUT2D eigenvalue weighted by molar-refractivity contribution is 6.30. The standard InChI is InChI=1S/C21H17ClO3/c22-16-10-8-13(9-11-16)18-12-17(23)20(21(24)25-18)19(15-6-7-15)14-4-2-1-3-5-14/h1-5,8-12,15,19,23H,6-7H2. The van der Waals surface area contributed by atoms with E-state index in [0.29, 0.717) is 27.8 Å². The van der Waals surface area contributed by atoms with E-state index in [1.165, 1.54) is 6.07 Å². The van der Waals surface area contributed by atoms with Crippen molar-refractivity contribution >= 4 is 11.6 Å². The van der Waals surface area contributed by atoms with Crippen LogP contribution in [-0.2, 0) is 0 Å². The second-order valence-electron chi connectivity index (χ2n) is 6.43. The number of benzene rings is 2. The van der Waals surface area contributed by atoms with Gasteiger partial charge in [-0.05, 0) is 48.6 Å². The molecule has 126 valence electrons. The summed E-state index contributed by atoms with van der Waals surface area (Å²) in [7, 11) is 0. The van der Waals surface area contributed by atoms with Crippen LogP contribution in [0.15, 0.2) is 69.9 Å². The molecule has 0 saturated heterocycles. The van der Waals surface area contributed by atoms with Crippen molar-refractivity contribution in [2.24, 2.45) is 5.92 Å². The Morgan fingerprint density at radius 3 is 2.32 bits per heavy atom. The molecule has 3 aromatic rings. The Kier molecular flexibility index (Phi) is 4.10. The van der Waals surface area contributed by atoms with Gasteiger partial charge in [0.15, 0.2) is 0 Å². The van der Waals surface area contributed by atoms with Gasteiger partial charge in [-0.15, -0.1) is 0 Å². The molecule has 3 nitrogen and oxygen atoms in total. The highest BCUT2D eigenvalue weighted by atomic mass is 35.5. The maximum Gasteiger partial charge on any atom is 0.343 e. The fourth-order valence-electron chi connectivity index (χ4n) is 3.30. The molecule has 1 unspecified atom stereocenters. The van der Waals surface area contributed by atoms with Gasteiger partial charge in [0, 0.05) is 22.6 Å². The van der Waals surface area contributed by atoms with E-state index in [9.17, 15) is 9.90 Å². The van der Waals surface area contributed by atoms with E-state index in [-0.39, 0.29) is 11.7 Å². The SMILES string of the molecule is O=c1oc(-c2ccc(Cl)cc2)cc(O)c1C(c1ccccc1)C1CC1. The first-order chi connectivity index (χ1) is 12.1. The Labute approximate surface area is 150 Å². The van der Waals surface area contributed by atoms with Crippen LogP contribution in [-0.4, -0.2) is 5.11 Å². The van der Waals surface area contributed by atoms with Gasteiger partial charge in [0.1, 0.15) is 11.5 Å². The summed E-state index contributed by atoms with van der Waals surface area (Å²) in [4.78, 5) is 12.7. The average molecular weight is 353 g/mol. The maximum atomic E-state index is 12.7. The summed E-state index contributed by atoms with van der Waals surface area (Å²) in [5, 5.41) is 11.2. The van der Waals surface area contributed by atoms with Crippen molar-refractivity contribution < 1.29 is 9.52 Å². The van der Waals surface area contributed by atoms with Gasteiger partial charge in [-0.3, -0.25) is 0 Å². The average Bonchev–Trinajstić information content (AvgIpc) is 3.44. The molecule has 2 aromatic carbocycles. The monoisotopic (exact) mass is 352 g/mol. The smallest absolute Gasteiger partial charge is 0.343 e. The normalized spacial score (nSPS) is 15.1. The molecule has 4 rings (SSSR count). The highest BCUT2D eigenvalue weighted by Crippen LogP contribution is 2.47. The van der Waals surface area contributed by atoms with Crippen molar-refractivity contribution in [1.29, 1.82) is 0 Å². The lowest BCUT2D eigenvalue weighted by molar-refractivity contribution is 0.431. The van der Waals surface area contributed by atoms with Gasteiger partial charge in [0.05, 0.1) is 5.56 Å². The summed E-state index contributed by atoms with van der Waals surface area (Å²) in [6.45, 7) is 0. The molecule has 0 spiro atoms. The summed E-state index contributed by atoms with van der Waals surface area (Å²) >= 11 is 5.90. The summed E-state index contributed by atoms with van der Waals surface area (Å²) in [6, 6.07) is 18.3. The second-order valence-corrected chi connectivity index (χ2v) is 6.87. The molecule has 1 saturated carbocycles. The van der Waals surface area contributed by atoms with Crippen molar-refractivity contribution in [3.8, 4) is 17.1 Å². The van der Waals surface area contributed by atoms with Gasteiger partial charge in [-0.1, -0.05) is 41.9 Å². The summed E-state index contributed by atoms with van der Waals surface area (Å²) < 4.78 is 5.54. The van der Waals surface area contributed by atoms with Gasteiger partial charge in [-0.25, -0.2) is 4.79 Å². The first kappa shape index (κ1) is 16.0. The van der Waals surface area contributed by atoms with Crippen molar-refractivity contribution in [1.82, 2.24) is 0 Å². The van der Waals surface area contributed by atoms with Gasteiger partial charge in [0.2, 0.25) is 0 Å². The largest absolute Gasteiger partial charge is 0.507 e. The van der Waals surface area contributed by atoms with E-state index in [1.807, 2.05) is 30.3 Å². The van der Waals surface area contributed by atoms with Gasteiger partial charge in [-0.2, -0.15) is 0 Å². The lowest BCUT2D eigenvalue weighted by Crippen LogP contribution is -2.16. The molecule has 1 N–H and O–H groups in total. The molecule has 1 aliphatic carbocycles. The van der Waals surface area contributed by atoms with E-state index in [2.05, 4.69) is 0 Å². The van der Waals surface area contributed by atoms with Crippen molar-refractivity contribution in [2.45, 2.75) is 18.8 Å². The molecule has 1 fully saturated rings. The van der Waals surface area contributed by atoms with Gasteiger partial charge in [0.25, 0.3) is 0 Å². The summed E-state index contributed by atoms with van der Waals surface area (Å²) in [5.74, 6) is 0.571. The van der Waals surface area contributed by atoms with Crippen LogP contribution in [0.25, 0.3) is 11.3 Å². The Morgan fingerprint density at radius 2 is 1.72 bits per heavy atom. The minimum atomic E-state index is -0.481. The molecular weight excluding hydrogens is 336 g/mol. The number of halogens is 1. The molecule has 1 aliphatic rings. The number of hydrogen-bond acceptors (Lipinski definition) is 3. The molecule has 4 heteroatoms. The van der Waals surface area contributed by atoms with Crippen LogP contribution in [0.4, 0.5) is 0 Å². The van der Waals surface area contributed by atoms with Crippen molar-refractivity contribution in [2.75, 3.05) is 0 Å². The Morgan fingerprint density at radius 1 is 1.04 bits per heavy atom. The molecule has 1 aromatic heterocycles. The second kappa shape index (κ2) is 6.41. The quantitative estimate of drug-likeness (QED) is 0.701. The number of aromatic hydroxyl groups is 1. The number of rotatable bonds is 4. The molecule has 25 heavy (non-hydrogen) atoms. The first-order valence-corrected chi connectivity index (χ1v) is 8.69. The molecule has 0 radical (unpaired) electrons. The minimum Gasteiger partial charge on any atom is -0.507 e. The third-order valence-electron chi connectivity index (χ3n) is 4.66. The molecule has 1 heterocycles. The van der Waals surface area contributed by atoms with E-state index in [4.69, 9.17) is 16.0 Å². The highest BCUT2D eigenvalue weighted by Gasteiger charge is 2.37. The van der Waals surface area contributed by atoms with Crippen molar-refractivity contribution in [3.05, 3.63) is 87.2 Å². The van der Waals surface area contributed by atoms with E-state index in [0.717, 1.165) is 18.4 Å². The molecule has 0 aliphatic heterocycles. The Bertz CT molecular complexity index is 941. The zero-order valence-corrected chi connectivity index (χ0v) is 14.2. The zero-order valence-electron chi connectivity index (χ0n) is 13.5. The van der Waals surface area contributed by atoms with Crippen molar-refractivity contribution in [3.63, 3.8) is 0 Å². The lowest BCUT2D eigenvalue weighted by Gasteiger charge is -2.17. The summed E-state index contributed by atoms with van der Waals surface area (Å²) in [6.07, 6.45) is 2.11. The van der Waals surface area contributed by atoms with Crippen LogP contribution in [0.3, 0.4) is 0 Å². The Balaban J connectivity index is 1.80. The first-order valence-electron chi connectivity index (χ1n) is 8.31. The van der Waals surface area contributed by atoms with Gasteiger partial charge < -0.3 is 9.52 Å². The van der Waals surface area contributed by atoms with E-state index < -0.39 is 5.63 Å². The molecular formula is C21H17ClO3. The summed E-state index contributed by atoms with van der Waals surface area (Å²) in [5.41, 5.74) is 1.61. The molecule has 0 amide bonds. The predicted octanol–water partition coefficient (Wildman–Crippen LogP) is 5.21. The molecule has 0 bridgehead atoms. The maximum absolute atomic E-state index is 12.7. The molecule has 1 atom stereocenters.